The lowest BCUT2D eigenvalue weighted by Gasteiger charge is -2.44. The van der Waals surface area contributed by atoms with Crippen molar-refractivity contribution in [1.82, 2.24) is 4.90 Å². The number of hydrogen-bond donors (Lipinski definition) is 0. The van der Waals surface area contributed by atoms with Crippen LogP contribution < -0.4 is 4.90 Å². The van der Waals surface area contributed by atoms with Crippen LogP contribution in [0, 0.1) is 12.8 Å². The van der Waals surface area contributed by atoms with Crippen LogP contribution >= 0.6 is 0 Å². The van der Waals surface area contributed by atoms with E-state index in [-0.39, 0.29) is 18.3 Å². The number of rotatable bonds is 12. The fourth-order valence-corrected chi connectivity index (χ4v) is 6.50. The molecule has 0 spiro atoms. The van der Waals surface area contributed by atoms with Gasteiger partial charge < -0.3 is 19.1 Å². The Bertz CT molecular complexity index is 1330. The molecule has 5 heteroatoms. The molecule has 6 rings (SSSR count). The molecule has 2 aliphatic heterocycles. The first-order valence-electron chi connectivity index (χ1n) is 15.7. The first kappa shape index (κ1) is 29.6. The average Bonchev–Trinajstić information content (AvgIpc) is 3.52. The second-order valence-electron chi connectivity index (χ2n) is 12.0. The van der Waals surface area contributed by atoms with E-state index < -0.39 is 0 Å². The maximum absolute atomic E-state index is 6.70. The number of hydrogen-bond acceptors (Lipinski definition) is 5. The Morgan fingerprint density at radius 3 is 1.60 bits per heavy atom. The molecule has 4 aromatic carbocycles. The van der Waals surface area contributed by atoms with Crippen molar-refractivity contribution in [2.45, 2.75) is 51.5 Å². The molecule has 0 N–H and O–H groups in total. The van der Waals surface area contributed by atoms with Crippen LogP contribution in [-0.2, 0) is 34.0 Å². The van der Waals surface area contributed by atoms with Gasteiger partial charge in [0.15, 0.2) is 0 Å². The monoisotopic (exact) mass is 576 g/mol. The topological polar surface area (TPSA) is 34.2 Å². The lowest BCUT2D eigenvalue weighted by Crippen LogP contribution is -2.58. The van der Waals surface area contributed by atoms with Gasteiger partial charge in [0, 0.05) is 38.4 Å². The molecule has 2 saturated heterocycles. The van der Waals surface area contributed by atoms with Crippen molar-refractivity contribution in [2.24, 2.45) is 5.92 Å². The number of benzene rings is 4. The van der Waals surface area contributed by atoms with Gasteiger partial charge in [-0.2, -0.15) is 0 Å². The highest BCUT2D eigenvalue weighted by molar-refractivity contribution is 5.53. The third kappa shape index (κ3) is 8.12. The van der Waals surface area contributed by atoms with Gasteiger partial charge in [-0.15, -0.1) is 0 Å². The summed E-state index contributed by atoms with van der Waals surface area (Å²) in [7, 11) is 0. The van der Waals surface area contributed by atoms with Gasteiger partial charge in [0.25, 0.3) is 0 Å². The van der Waals surface area contributed by atoms with Crippen LogP contribution in [0.5, 0.6) is 0 Å². The third-order valence-electron chi connectivity index (χ3n) is 8.77. The summed E-state index contributed by atoms with van der Waals surface area (Å²) in [5, 5.41) is 0. The van der Waals surface area contributed by atoms with Gasteiger partial charge in [-0.05, 0) is 47.6 Å². The molecule has 0 saturated carbocycles. The van der Waals surface area contributed by atoms with Gasteiger partial charge in [0.05, 0.1) is 32.0 Å². The molecule has 0 bridgehead atoms. The van der Waals surface area contributed by atoms with Crippen LogP contribution in [0.3, 0.4) is 0 Å². The molecular weight excluding hydrogens is 532 g/mol. The molecular formula is C38H44N2O3. The number of para-hydroxylation sites is 1. The summed E-state index contributed by atoms with van der Waals surface area (Å²) in [6.45, 7) is 8.75. The van der Waals surface area contributed by atoms with E-state index in [1.165, 1.54) is 28.8 Å². The van der Waals surface area contributed by atoms with Gasteiger partial charge in [0.2, 0.25) is 0 Å². The zero-order valence-corrected chi connectivity index (χ0v) is 25.3. The van der Waals surface area contributed by atoms with E-state index in [1.54, 1.807) is 0 Å². The standard InChI is InChI=1S/C38H44N2O3/c1-30-13-11-12-20-35(30)40-22-21-34(24-40)23-39-25-36(41-27-31-14-5-2-6-15-31)38(43-29-33-18-9-4-10-19-33)37(26-39)42-28-32-16-7-3-8-17-32/h2-20,34,36-38H,21-29H2,1H3/t34-,36-,37+,38?/m1/s1. The van der Waals surface area contributed by atoms with Crippen LogP contribution in [0.25, 0.3) is 0 Å². The van der Waals surface area contributed by atoms with Crippen molar-refractivity contribution in [2.75, 3.05) is 37.6 Å². The van der Waals surface area contributed by atoms with Crippen molar-refractivity contribution in [3.05, 3.63) is 138 Å². The van der Waals surface area contributed by atoms with Gasteiger partial charge >= 0.3 is 0 Å². The fraction of sp³-hybridized carbons (Fsp3) is 0.368. The van der Waals surface area contributed by atoms with E-state index in [0.29, 0.717) is 25.7 Å². The quantitative estimate of drug-likeness (QED) is 0.183. The Labute approximate surface area is 257 Å². The summed E-state index contributed by atoms with van der Waals surface area (Å²) < 4.78 is 20.1. The second kappa shape index (κ2) is 14.8. The van der Waals surface area contributed by atoms with Gasteiger partial charge in [-0.3, -0.25) is 4.90 Å². The summed E-state index contributed by atoms with van der Waals surface area (Å²) in [6.07, 6.45) is 0.819. The maximum Gasteiger partial charge on any atom is 0.113 e. The average molecular weight is 577 g/mol. The number of aryl methyl sites for hydroxylation is 1. The zero-order chi connectivity index (χ0) is 29.3. The van der Waals surface area contributed by atoms with E-state index in [9.17, 15) is 0 Å². The molecule has 1 unspecified atom stereocenters. The molecule has 2 fully saturated rings. The van der Waals surface area contributed by atoms with Crippen molar-refractivity contribution in [3.8, 4) is 0 Å². The SMILES string of the molecule is Cc1ccccc1N1CC[C@H](CN2C[C@H](OCc3ccccc3)C(OCc3ccccc3)[C@H](OCc3ccccc3)C2)C1. The summed E-state index contributed by atoms with van der Waals surface area (Å²) in [6, 6.07) is 40.1. The van der Waals surface area contributed by atoms with Crippen LogP contribution in [0.1, 0.15) is 28.7 Å². The number of nitrogens with zero attached hydrogens (tertiary/aromatic N) is 2. The first-order valence-corrected chi connectivity index (χ1v) is 15.7. The number of likely N-dealkylation sites (tertiary alicyclic amines) is 1. The van der Waals surface area contributed by atoms with Crippen LogP contribution in [0.2, 0.25) is 0 Å². The summed E-state index contributed by atoms with van der Waals surface area (Å²) >= 11 is 0. The van der Waals surface area contributed by atoms with Crippen molar-refractivity contribution in [3.63, 3.8) is 0 Å². The normalized spacial score (nSPS) is 22.6. The predicted octanol–water partition coefficient (Wildman–Crippen LogP) is 6.89. The molecule has 2 heterocycles. The molecule has 2 aliphatic rings. The smallest absolute Gasteiger partial charge is 0.113 e. The molecule has 4 atom stereocenters. The Morgan fingerprint density at radius 2 is 1.07 bits per heavy atom. The van der Waals surface area contributed by atoms with Crippen LogP contribution in [-0.4, -0.2) is 55.9 Å². The largest absolute Gasteiger partial charge is 0.371 e. The van der Waals surface area contributed by atoms with E-state index >= 15 is 0 Å². The first-order chi connectivity index (χ1) is 21.2. The third-order valence-corrected chi connectivity index (χ3v) is 8.77. The fourth-order valence-electron chi connectivity index (χ4n) is 6.50. The second-order valence-corrected chi connectivity index (χ2v) is 12.0. The van der Waals surface area contributed by atoms with Crippen molar-refractivity contribution in [1.29, 1.82) is 0 Å². The highest BCUT2D eigenvalue weighted by Crippen LogP contribution is 2.29. The zero-order valence-electron chi connectivity index (χ0n) is 25.3. The van der Waals surface area contributed by atoms with E-state index in [2.05, 4.69) is 114 Å². The number of anilines is 1. The van der Waals surface area contributed by atoms with E-state index in [0.717, 1.165) is 38.3 Å². The molecule has 224 valence electrons. The summed E-state index contributed by atoms with van der Waals surface area (Å²) in [5.41, 5.74) is 6.23. The molecule has 4 aromatic rings. The minimum absolute atomic E-state index is 0.104. The molecule has 43 heavy (non-hydrogen) atoms. The maximum atomic E-state index is 6.70. The highest BCUT2D eigenvalue weighted by atomic mass is 16.6. The Hall–Kier alpha value is -3.48. The van der Waals surface area contributed by atoms with Gasteiger partial charge in [-0.1, -0.05) is 109 Å². The Kier molecular flexibility index (Phi) is 10.2. The lowest BCUT2D eigenvalue weighted by molar-refractivity contribution is -0.185. The summed E-state index contributed by atoms with van der Waals surface area (Å²) in [4.78, 5) is 5.13. The minimum Gasteiger partial charge on any atom is -0.371 e. The predicted molar refractivity (Wildman–Crippen MR) is 173 cm³/mol. The Balaban J connectivity index is 1.18. The van der Waals surface area contributed by atoms with E-state index in [1.807, 2.05) is 18.2 Å². The van der Waals surface area contributed by atoms with Crippen molar-refractivity contribution < 1.29 is 14.2 Å². The molecule has 0 amide bonds. The number of ether oxygens (including phenoxy) is 3. The van der Waals surface area contributed by atoms with Crippen LogP contribution in [0.4, 0.5) is 5.69 Å². The summed E-state index contributed by atoms with van der Waals surface area (Å²) in [5.74, 6) is 0.603. The Morgan fingerprint density at radius 1 is 0.581 bits per heavy atom. The van der Waals surface area contributed by atoms with Crippen molar-refractivity contribution >= 4 is 5.69 Å². The van der Waals surface area contributed by atoms with Gasteiger partial charge in [0.1, 0.15) is 6.10 Å². The van der Waals surface area contributed by atoms with Crippen LogP contribution in [0.15, 0.2) is 115 Å². The molecule has 0 radical (unpaired) electrons. The van der Waals surface area contributed by atoms with Gasteiger partial charge in [-0.25, -0.2) is 0 Å². The minimum atomic E-state index is -0.170. The molecule has 0 aliphatic carbocycles. The molecule has 0 aromatic heterocycles. The number of piperidine rings is 1. The van der Waals surface area contributed by atoms with E-state index in [4.69, 9.17) is 14.2 Å². The lowest BCUT2D eigenvalue weighted by atomic mass is 9.98. The molecule has 5 nitrogen and oxygen atoms in total. The highest BCUT2D eigenvalue weighted by Gasteiger charge is 2.40.